The summed E-state index contributed by atoms with van der Waals surface area (Å²) in [5, 5.41) is 20.2. The summed E-state index contributed by atoms with van der Waals surface area (Å²) in [5.74, 6) is -2.13. The number of hydrogen-bond donors (Lipinski definition) is 2. The van der Waals surface area contributed by atoms with Gasteiger partial charge in [-0.25, -0.2) is 4.39 Å². The Hall–Kier alpha value is -3.93. The lowest BCUT2D eigenvalue weighted by atomic mass is 9.99. The van der Waals surface area contributed by atoms with Gasteiger partial charge in [-0.1, -0.05) is 42.5 Å². The summed E-state index contributed by atoms with van der Waals surface area (Å²) in [6.45, 7) is 0. The second kappa shape index (κ2) is 7.24. The molecule has 1 atom stereocenters. The first-order valence-electron chi connectivity index (χ1n) is 8.88. The third-order valence-corrected chi connectivity index (χ3v) is 4.78. The first kappa shape index (κ1) is 18.4. The molecule has 144 valence electrons. The maximum atomic E-state index is 13.4. The van der Waals surface area contributed by atoms with E-state index in [-0.39, 0.29) is 11.3 Å². The fourth-order valence-electron chi connectivity index (χ4n) is 3.38. The van der Waals surface area contributed by atoms with Gasteiger partial charge in [0.2, 0.25) is 0 Å². The summed E-state index contributed by atoms with van der Waals surface area (Å²) in [7, 11) is 0. The average molecular weight is 389 g/mol. The lowest BCUT2D eigenvalue weighted by Gasteiger charge is -2.23. The first-order chi connectivity index (χ1) is 14.0. The molecule has 4 rings (SSSR count). The van der Waals surface area contributed by atoms with Crippen molar-refractivity contribution in [3.63, 3.8) is 0 Å². The number of amides is 1. The molecule has 1 heterocycles. The first-order valence-corrected chi connectivity index (χ1v) is 8.88. The summed E-state index contributed by atoms with van der Waals surface area (Å²) in [4.78, 5) is 27.7. The number of anilines is 1. The number of aromatic hydroxyl groups is 1. The Morgan fingerprint density at radius 2 is 1.48 bits per heavy atom. The number of halogens is 1. The van der Waals surface area contributed by atoms with E-state index in [2.05, 4.69) is 0 Å². The van der Waals surface area contributed by atoms with Gasteiger partial charge in [-0.2, -0.15) is 0 Å². The van der Waals surface area contributed by atoms with Crippen molar-refractivity contribution in [1.29, 1.82) is 0 Å². The van der Waals surface area contributed by atoms with Gasteiger partial charge in [0.25, 0.3) is 5.91 Å². The van der Waals surface area contributed by atoms with E-state index in [0.717, 1.165) is 0 Å². The highest BCUT2D eigenvalue weighted by Crippen LogP contribution is 2.39. The highest BCUT2D eigenvalue weighted by atomic mass is 19.1. The molecule has 1 aliphatic heterocycles. The van der Waals surface area contributed by atoms with Crippen LogP contribution in [0.15, 0.2) is 84.4 Å². The largest absolute Gasteiger partial charge is 0.508 e. The number of rotatable bonds is 3. The molecule has 2 N–H and O–H groups in total. The molecule has 0 spiro atoms. The zero-order valence-electron chi connectivity index (χ0n) is 15.1. The zero-order valence-corrected chi connectivity index (χ0v) is 15.1. The van der Waals surface area contributed by atoms with Crippen molar-refractivity contribution in [1.82, 2.24) is 0 Å². The molecule has 6 heteroatoms. The van der Waals surface area contributed by atoms with Crippen molar-refractivity contribution in [3.05, 3.63) is 101 Å². The van der Waals surface area contributed by atoms with E-state index < -0.39 is 29.3 Å². The molecule has 1 saturated heterocycles. The minimum absolute atomic E-state index is 0.00736. The monoisotopic (exact) mass is 389 g/mol. The normalized spacial score (nSPS) is 18.2. The van der Waals surface area contributed by atoms with Crippen molar-refractivity contribution < 1.29 is 24.2 Å². The maximum Gasteiger partial charge on any atom is 0.266 e. The van der Waals surface area contributed by atoms with Gasteiger partial charge in [0, 0.05) is 11.3 Å². The van der Waals surface area contributed by atoms with Crippen molar-refractivity contribution >= 4 is 23.1 Å². The van der Waals surface area contributed by atoms with Gasteiger partial charge in [0.1, 0.15) is 28.9 Å². The average Bonchev–Trinajstić information content (AvgIpc) is 2.99. The third-order valence-electron chi connectivity index (χ3n) is 4.78. The Kier molecular flexibility index (Phi) is 4.60. The van der Waals surface area contributed by atoms with Gasteiger partial charge in [0.05, 0.1) is 0 Å². The fraction of sp³-hybridized carbons (Fsp3) is 0.0435. The number of Topliss-reactive ketones (excluding diaryl/α,β-unsaturated/α-hetero) is 1. The highest BCUT2D eigenvalue weighted by Gasteiger charge is 2.47. The van der Waals surface area contributed by atoms with Crippen molar-refractivity contribution in [2.24, 2.45) is 0 Å². The topological polar surface area (TPSA) is 77.8 Å². The van der Waals surface area contributed by atoms with E-state index in [1.807, 2.05) is 0 Å². The third kappa shape index (κ3) is 3.25. The second-order valence-electron chi connectivity index (χ2n) is 6.60. The molecule has 5 nitrogen and oxygen atoms in total. The van der Waals surface area contributed by atoms with Crippen LogP contribution >= 0.6 is 0 Å². The lowest BCUT2D eigenvalue weighted by molar-refractivity contribution is -0.116. The smallest absolute Gasteiger partial charge is 0.266 e. The van der Waals surface area contributed by atoms with Crippen LogP contribution in [0.2, 0.25) is 0 Å². The molecule has 3 aromatic rings. The van der Waals surface area contributed by atoms with Gasteiger partial charge < -0.3 is 10.2 Å². The van der Waals surface area contributed by atoms with Gasteiger partial charge in [-0.3, -0.25) is 14.5 Å². The molecule has 3 aromatic carbocycles. The van der Waals surface area contributed by atoms with Crippen LogP contribution in [0.5, 0.6) is 5.75 Å². The van der Waals surface area contributed by atoms with Crippen LogP contribution in [0.3, 0.4) is 0 Å². The zero-order chi connectivity index (χ0) is 20.5. The number of phenolic OH excluding ortho intramolecular Hbond substituents is 1. The molecule has 29 heavy (non-hydrogen) atoms. The standard InChI is InChI=1S/C23H16FNO4/c24-16-8-6-14(7-9-16)20-22(28)19(21(27)15-4-2-1-3-5-15)23(29)25(20)17-10-12-18(26)13-11-17/h1-13,20,26-27H/b21-19+. The summed E-state index contributed by atoms with van der Waals surface area (Å²) >= 11 is 0. The molecule has 1 aliphatic rings. The van der Waals surface area contributed by atoms with Crippen LogP contribution in [-0.2, 0) is 9.59 Å². The quantitative estimate of drug-likeness (QED) is 0.401. The van der Waals surface area contributed by atoms with E-state index in [4.69, 9.17) is 0 Å². The van der Waals surface area contributed by atoms with Crippen LogP contribution in [0.25, 0.3) is 5.76 Å². The van der Waals surface area contributed by atoms with E-state index in [0.29, 0.717) is 16.8 Å². The number of aliphatic hydroxyl groups is 1. The lowest BCUT2D eigenvalue weighted by Crippen LogP contribution is -2.29. The van der Waals surface area contributed by atoms with Crippen molar-refractivity contribution in [2.75, 3.05) is 4.90 Å². The molecule has 0 aromatic heterocycles. The van der Waals surface area contributed by atoms with Gasteiger partial charge >= 0.3 is 0 Å². The molecule has 0 aliphatic carbocycles. The number of hydrogen-bond acceptors (Lipinski definition) is 4. The summed E-state index contributed by atoms with van der Waals surface area (Å²) in [5.41, 5.74) is 0.785. The van der Waals surface area contributed by atoms with Crippen molar-refractivity contribution in [2.45, 2.75) is 6.04 Å². The molecule has 1 unspecified atom stereocenters. The number of aliphatic hydroxyl groups excluding tert-OH is 1. The number of carbonyl (C=O) groups excluding carboxylic acids is 2. The molecule has 0 bridgehead atoms. The number of phenols is 1. The minimum atomic E-state index is -1.06. The Bertz CT molecular complexity index is 1040. The summed E-state index contributed by atoms with van der Waals surface area (Å²) in [6, 6.07) is 18.3. The molecule has 0 saturated carbocycles. The van der Waals surface area contributed by atoms with E-state index in [1.54, 1.807) is 30.3 Å². The molecular weight excluding hydrogens is 373 g/mol. The minimum Gasteiger partial charge on any atom is -0.508 e. The Labute approximate surface area is 166 Å². The van der Waals surface area contributed by atoms with Gasteiger partial charge in [0.15, 0.2) is 5.78 Å². The van der Waals surface area contributed by atoms with Crippen LogP contribution in [0.4, 0.5) is 10.1 Å². The fourth-order valence-corrected chi connectivity index (χ4v) is 3.38. The number of carbonyl (C=O) groups is 2. The summed E-state index contributed by atoms with van der Waals surface area (Å²) < 4.78 is 13.4. The molecule has 1 amide bonds. The van der Waals surface area contributed by atoms with Crippen LogP contribution < -0.4 is 4.90 Å². The van der Waals surface area contributed by atoms with Crippen LogP contribution in [-0.4, -0.2) is 21.9 Å². The predicted molar refractivity (Wildman–Crippen MR) is 106 cm³/mol. The SMILES string of the molecule is O=C1/C(=C(\O)c2ccccc2)C(=O)N(c2ccc(O)cc2)C1c1ccc(F)cc1. The Morgan fingerprint density at radius 3 is 2.10 bits per heavy atom. The molecule has 0 radical (unpaired) electrons. The van der Waals surface area contributed by atoms with Crippen LogP contribution in [0, 0.1) is 5.82 Å². The van der Waals surface area contributed by atoms with Gasteiger partial charge in [-0.15, -0.1) is 0 Å². The Morgan fingerprint density at radius 1 is 0.862 bits per heavy atom. The van der Waals surface area contributed by atoms with E-state index in [1.165, 1.54) is 53.4 Å². The molecular formula is C23H16FNO4. The number of benzene rings is 3. The maximum absolute atomic E-state index is 13.4. The number of ketones is 1. The predicted octanol–water partition coefficient (Wildman–Crippen LogP) is 4.16. The number of nitrogens with zero attached hydrogens (tertiary/aromatic N) is 1. The van der Waals surface area contributed by atoms with E-state index >= 15 is 0 Å². The van der Waals surface area contributed by atoms with Crippen LogP contribution in [0.1, 0.15) is 17.2 Å². The van der Waals surface area contributed by atoms with E-state index in [9.17, 15) is 24.2 Å². The molecule has 1 fully saturated rings. The van der Waals surface area contributed by atoms with Crippen molar-refractivity contribution in [3.8, 4) is 5.75 Å². The second-order valence-corrected chi connectivity index (χ2v) is 6.60. The highest BCUT2D eigenvalue weighted by molar-refractivity contribution is 6.36. The Balaban J connectivity index is 1.89. The van der Waals surface area contributed by atoms with Gasteiger partial charge in [-0.05, 0) is 42.0 Å². The summed E-state index contributed by atoms with van der Waals surface area (Å²) in [6.07, 6.45) is 0.